The van der Waals surface area contributed by atoms with Gasteiger partial charge in [-0.25, -0.2) is 0 Å². The minimum absolute atomic E-state index is 0.00504. The fraction of sp³-hybridized carbons (Fsp3) is 0.0345. The van der Waals surface area contributed by atoms with E-state index in [9.17, 15) is 9.59 Å². The van der Waals surface area contributed by atoms with Gasteiger partial charge in [0, 0.05) is 18.0 Å². The molecular weight excluding hydrogens is 486 g/mol. The molecule has 1 saturated heterocycles. The van der Waals surface area contributed by atoms with E-state index in [1.54, 1.807) is 43.8 Å². The fourth-order valence-corrected chi connectivity index (χ4v) is 4.17. The minimum Gasteiger partial charge on any atom is -0.497 e. The van der Waals surface area contributed by atoms with Gasteiger partial charge in [0.15, 0.2) is 5.11 Å². The molecule has 3 aromatic carbocycles. The molecule has 5 rings (SSSR count). The van der Waals surface area contributed by atoms with E-state index in [1.165, 1.54) is 11.0 Å². The molecule has 2 amide bonds. The summed E-state index contributed by atoms with van der Waals surface area (Å²) >= 11 is 5.34. The van der Waals surface area contributed by atoms with Gasteiger partial charge in [0.1, 0.15) is 22.8 Å². The summed E-state index contributed by atoms with van der Waals surface area (Å²) in [5.74, 6) is 0.921. The van der Waals surface area contributed by atoms with E-state index in [2.05, 4.69) is 10.3 Å². The van der Waals surface area contributed by atoms with Crippen LogP contribution < -0.4 is 19.7 Å². The molecular formula is C29H21N3O4S. The maximum atomic E-state index is 13.5. The molecule has 0 aliphatic carbocycles. The lowest BCUT2D eigenvalue weighted by Gasteiger charge is -2.29. The molecule has 2 heterocycles. The molecule has 0 bridgehead atoms. The third kappa shape index (κ3) is 5.10. The number of amides is 2. The summed E-state index contributed by atoms with van der Waals surface area (Å²) in [6.45, 7) is 0. The summed E-state index contributed by atoms with van der Waals surface area (Å²) in [6.07, 6.45) is 4.80. The van der Waals surface area contributed by atoms with Gasteiger partial charge in [-0.1, -0.05) is 30.3 Å². The second kappa shape index (κ2) is 10.4. The lowest BCUT2D eigenvalue weighted by Crippen LogP contribution is -2.54. The molecule has 8 heteroatoms. The number of benzene rings is 3. The molecule has 0 unspecified atom stereocenters. The quantitative estimate of drug-likeness (QED) is 0.214. The summed E-state index contributed by atoms with van der Waals surface area (Å²) in [5.41, 5.74) is 2.77. The second-order valence-corrected chi connectivity index (χ2v) is 8.44. The van der Waals surface area contributed by atoms with Crippen molar-refractivity contribution in [1.29, 1.82) is 0 Å². The van der Waals surface area contributed by atoms with Gasteiger partial charge in [-0.05, 0) is 84.0 Å². The van der Waals surface area contributed by atoms with Gasteiger partial charge in [0.25, 0.3) is 11.8 Å². The van der Waals surface area contributed by atoms with Crippen LogP contribution >= 0.6 is 12.2 Å². The van der Waals surface area contributed by atoms with Crippen molar-refractivity contribution in [3.05, 3.63) is 108 Å². The number of methoxy groups -OCH3 is 1. The number of para-hydroxylation sites is 1. The van der Waals surface area contributed by atoms with Gasteiger partial charge >= 0.3 is 0 Å². The molecule has 0 atom stereocenters. The Morgan fingerprint density at radius 3 is 2.24 bits per heavy atom. The van der Waals surface area contributed by atoms with Crippen molar-refractivity contribution >= 4 is 40.9 Å². The number of nitrogens with zero attached hydrogens (tertiary/aromatic N) is 2. The highest BCUT2D eigenvalue weighted by molar-refractivity contribution is 7.80. The van der Waals surface area contributed by atoms with Crippen LogP contribution in [0.5, 0.6) is 17.2 Å². The van der Waals surface area contributed by atoms with Crippen molar-refractivity contribution in [1.82, 2.24) is 10.3 Å². The molecule has 1 aromatic heterocycles. The van der Waals surface area contributed by atoms with E-state index in [1.807, 2.05) is 60.7 Å². The van der Waals surface area contributed by atoms with Crippen molar-refractivity contribution in [2.75, 3.05) is 12.0 Å². The molecule has 182 valence electrons. The van der Waals surface area contributed by atoms with Crippen molar-refractivity contribution in [3.63, 3.8) is 0 Å². The number of nitrogens with one attached hydrogen (secondary N) is 1. The second-order valence-electron chi connectivity index (χ2n) is 8.06. The number of pyridine rings is 1. The predicted octanol–water partition coefficient (Wildman–Crippen LogP) is 5.38. The first kappa shape index (κ1) is 23.9. The summed E-state index contributed by atoms with van der Waals surface area (Å²) in [4.78, 5) is 31.8. The molecule has 1 aliphatic heterocycles. The van der Waals surface area contributed by atoms with Crippen molar-refractivity contribution < 1.29 is 19.1 Å². The number of hydrogen-bond donors (Lipinski definition) is 1. The Bertz CT molecular complexity index is 1500. The largest absolute Gasteiger partial charge is 0.497 e. The van der Waals surface area contributed by atoms with E-state index >= 15 is 0 Å². The number of carbonyl (C=O) groups excluding carboxylic acids is 2. The Kier molecular flexibility index (Phi) is 6.74. The van der Waals surface area contributed by atoms with Crippen LogP contribution in [0, 0.1) is 0 Å². The Morgan fingerprint density at radius 1 is 0.865 bits per heavy atom. The molecule has 0 radical (unpaired) electrons. The normalized spacial score (nSPS) is 14.5. The third-order valence-electron chi connectivity index (χ3n) is 5.73. The Hall–Kier alpha value is -4.82. The molecule has 37 heavy (non-hydrogen) atoms. The van der Waals surface area contributed by atoms with Crippen LogP contribution in [0.25, 0.3) is 17.2 Å². The average molecular weight is 508 g/mol. The van der Waals surface area contributed by atoms with Crippen LogP contribution in [-0.2, 0) is 9.59 Å². The number of rotatable bonds is 6. The van der Waals surface area contributed by atoms with E-state index in [0.29, 0.717) is 22.7 Å². The molecule has 0 saturated carbocycles. The first-order chi connectivity index (χ1) is 18.0. The average Bonchev–Trinajstić information content (AvgIpc) is 2.93. The van der Waals surface area contributed by atoms with E-state index in [-0.39, 0.29) is 10.7 Å². The minimum atomic E-state index is -0.570. The Balaban J connectivity index is 1.45. The van der Waals surface area contributed by atoms with Crippen LogP contribution in [0.4, 0.5) is 5.69 Å². The van der Waals surface area contributed by atoms with Crippen LogP contribution in [0.1, 0.15) is 5.56 Å². The number of ether oxygens (including phenoxy) is 2. The molecule has 0 spiro atoms. The summed E-state index contributed by atoms with van der Waals surface area (Å²) in [7, 11) is 1.60. The zero-order chi connectivity index (χ0) is 25.8. The van der Waals surface area contributed by atoms with E-state index in [4.69, 9.17) is 21.7 Å². The Morgan fingerprint density at radius 2 is 1.54 bits per heavy atom. The molecule has 7 nitrogen and oxygen atoms in total. The SMILES string of the molecule is COc1ccc(-c2ccncc2/C=C2\C(=O)NC(=S)N(c3ccc(Oc4ccccc4)cc3)C2=O)cc1. The third-order valence-corrected chi connectivity index (χ3v) is 6.01. The van der Waals surface area contributed by atoms with Crippen molar-refractivity contribution in [2.24, 2.45) is 0 Å². The van der Waals surface area contributed by atoms with Crippen LogP contribution in [0.15, 0.2) is 103 Å². The zero-order valence-electron chi connectivity index (χ0n) is 19.8. The lowest BCUT2D eigenvalue weighted by atomic mass is 9.99. The summed E-state index contributed by atoms with van der Waals surface area (Å²) in [6, 6.07) is 25.6. The van der Waals surface area contributed by atoms with Gasteiger partial charge in [-0.3, -0.25) is 24.8 Å². The first-order valence-corrected chi connectivity index (χ1v) is 11.8. The molecule has 1 aliphatic rings. The number of carbonyl (C=O) groups is 2. The van der Waals surface area contributed by atoms with Crippen molar-refractivity contribution in [3.8, 4) is 28.4 Å². The first-order valence-electron chi connectivity index (χ1n) is 11.4. The number of hydrogen-bond acceptors (Lipinski definition) is 6. The molecule has 1 fully saturated rings. The van der Waals surface area contributed by atoms with Gasteiger partial charge in [0.2, 0.25) is 0 Å². The Labute approximate surface area is 219 Å². The van der Waals surface area contributed by atoms with Gasteiger partial charge < -0.3 is 9.47 Å². The zero-order valence-corrected chi connectivity index (χ0v) is 20.6. The predicted molar refractivity (Wildman–Crippen MR) is 145 cm³/mol. The van der Waals surface area contributed by atoms with Gasteiger partial charge in [0.05, 0.1) is 12.8 Å². The van der Waals surface area contributed by atoms with Crippen LogP contribution in [0.2, 0.25) is 0 Å². The van der Waals surface area contributed by atoms with Gasteiger partial charge in [-0.2, -0.15) is 0 Å². The standard InChI is InChI=1S/C29H21N3O4S/c1-35-22-11-7-19(8-12-22)25-15-16-30-18-20(25)17-26-27(33)31-29(37)32(28(26)34)21-9-13-24(14-10-21)36-23-5-3-2-4-6-23/h2-18H,1H3,(H,31,33,37)/b26-17+. The van der Waals surface area contributed by atoms with Gasteiger partial charge in [-0.15, -0.1) is 0 Å². The van der Waals surface area contributed by atoms with Crippen LogP contribution in [0.3, 0.4) is 0 Å². The maximum Gasteiger partial charge on any atom is 0.270 e. The summed E-state index contributed by atoms with van der Waals surface area (Å²) in [5, 5.41) is 2.62. The number of aromatic nitrogens is 1. The smallest absolute Gasteiger partial charge is 0.270 e. The lowest BCUT2D eigenvalue weighted by molar-refractivity contribution is -0.122. The summed E-state index contributed by atoms with van der Waals surface area (Å²) < 4.78 is 11.1. The maximum absolute atomic E-state index is 13.5. The number of thiocarbonyl (C=S) groups is 1. The molecule has 4 aromatic rings. The highest BCUT2D eigenvalue weighted by Crippen LogP contribution is 2.30. The fourth-order valence-electron chi connectivity index (χ4n) is 3.89. The topological polar surface area (TPSA) is 80.8 Å². The highest BCUT2D eigenvalue weighted by atomic mass is 32.1. The number of anilines is 1. The van der Waals surface area contributed by atoms with Crippen LogP contribution in [-0.4, -0.2) is 29.0 Å². The van der Waals surface area contributed by atoms with E-state index in [0.717, 1.165) is 16.9 Å². The van der Waals surface area contributed by atoms with Crippen molar-refractivity contribution in [2.45, 2.75) is 0 Å². The monoisotopic (exact) mass is 507 g/mol. The highest BCUT2D eigenvalue weighted by Gasteiger charge is 2.34. The molecule has 1 N–H and O–H groups in total. The van der Waals surface area contributed by atoms with E-state index < -0.39 is 11.8 Å².